The summed E-state index contributed by atoms with van der Waals surface area (Å²) in [7, 11) is 2.08. The third kappa shape index (κ3) is 4.54. The van der Waals surface area contributed by atoms with Crippen molar-refractivity contribution in [2.24, 2.45) is 12.5 Å². The number of aryl methyl sites for hydroxylation is 2. The van der Waals surface area contributed by atoms with Gasteiger partial charge >= 0.3 is 0 Å². The second-order valence-electron chi connectivity index (χ2n) is 13.1. The van der Waals surface area contributed by atoms with Crippen molar-refractivity contribution in [1.82, 2.24) is 4.57 Å². The van der Waals surface area contributed by atoms with Gasteiger partial charge in [0.1, 0.15) is 18.2 Å². The standard InChI is InChI=1S/C42H37N2O/c1-27-15-20-33-40-37(22-21-35-39(40)32-13-9-10-14-34(32)44(35)31-11-7-6-8-12-31)45-41(33)38(27)36-25-30(23-24-43(36)5)29-18-16-28(17-19-29)26-42(2,3)4/h6-25H,26H2,1-5H3/q+1/i26D2. The van der Waals surface area contributed by atoms with Crippen LogP contribution in [0.1, 0.15) is 34.6 Å². The maximum Gasteiger partial charge on any atom is 0.216 e. The molecule has 220 valence electrons. The Bertz CT molecular complexity index is 2480. The molecule has 0 saturated heterocycles. The summed E-state index contributed by atoms with van der Waals surface area (Å²) in [5.74, 6) is 0. The van der Waals surface area contributed by atoms with Crippen LogP contribution >= 0.6 is 0 Å². The van der Waals surface area contributed by atoms with E-state index < -0.39 is 11.8 Å². The number of para-hydroxylation sites is 2. The number of aromatic nitrogens is 2. The number of benzene rings is 5. The van der Waals surface area contributed by atoms with E-state index in [4.69, 9.17) is 7.16 Å². The maximum absolute atomic E-state index is 8.71. The summed E-state index contributed by atoms with van der Waals surface area (Å²) in [4.78, 5) is 0. The molecular formula is C42H37N2O+. The lowest BCUT2D eigenvalue weighted by Crippen LogP contribution is -2.30. The van der Waals surface area contributed by atoms with Crippen molar-refractivity contribution in [3.63, 3.8) is 0 Å². The largest absolute Gasteiger partial charge is 0.455 e. The lowest BCUT2D eigenvalue weighted by Gasteiger charge is -2.18. The summed E-state index contributed by atoms with van der Waals surface area (Å²) in [6.07, 6.45) is 0.659. The topological polar surface area (TPSA) is 21.9 Å². The third-order valence-corrected chi connectivity index (χ3v) is 8.81. The molecule has 0 aliphatic heterocycles. The van der Waals surface area contributed by atoms with Gasteiger partial charge in [0.05, 0.1) is 16.6 Å². The van der Waals surface area contributed by atoms with Gasteiger partial charge in [0.25, 0.3) is 0 Å². The van der Waals surface area contributed by atoms with Gasteiger partial charge in [0.15, 0.2) is 6.20 Å². The smallest absolute Gasteiger partial charge is 0.216 e. The summed E-state index contributed by atoms with van der Waals surface area (Å²) < 4.78 is 28.7. The molecule has 3 heteroatoms. The minimum atomic E-state index is -1.44. The van der Waals surface area contributed by atoms with Gasteiger partial charge in [-0.3, -0.25) is 0 Å². The van der Waals surface area contributed by atoms with Crippen LogP contribution in [0.2, 0.25) is 0 Å². The molecule has 5 aromatic carbocycles. The molecule has 0 N–H and O–H groups in total. The fourth-order valence-electron chi connectivity index (χ4n) is 6.84. The molecule has 0 spiro atoms. The van der Waals surface area contributed by atoms with Crippen LogP contribution in [0.15, 0.2) is 126 Å². The fraction of sp³-hybridized carbons (Fsp3) is 0.167. The molecule has 3 nitrogen and oxygen atoms in total. The SMILES string of the molecule is [2H]C([2H])(c1ccc(-c2cc[n+](C)c(-c3c(C)ccc4c3oc3ccc5c(c6ccccc6n5-c5ccccc5)c34)c2)cc1)C(C)(C)C. The Morgan fingerprint density at radius 2 is 1.49 bits per heavy atom. The van der Waals surface area contributed by atoms with E-state index in [1.807, 2.05) is 45.0 Å². The van der Waals surface area contributed by atoms with Crippen molar-refractivity contribution in [3.05, 3.63) is 133 Å². The Morgan fingerprint density at radius 1 is 0.733 bits per heavy atom. The normalized spacial score (nSPS) is 13.2. The first kappa shape index (κ1) is 25.2. The van der Waals surface area contributed by atoms with E-state index in [-0.39, 0.29) is 0 Å². The van der Waals surface area contributed by atoms with Gasteiger partial charge in [0.2, 0.25) is 5.69 Å². The predicted molar refractivity (Wildman–Crippen MR) is 188 cm³/mol. The van der Waals surface area contributed by atoms with E-state index >= 15 is 0 Å². The number of rotatable bonds is 4. The van der Waals surface area contributed by atoms with Crippen molar-refractivity contribution in [2.75, 3.05) is 0 Å². The lowest BCUT2D eigenvalue weighted by atomic mass is 9.87. The van der Waals surface area contributed by atoms with Gasteiger partial charge in [0, 0.05) is 42.1 Å². The monoisotopic (exact) mass is 587 g/mol. The zero-order valence-corrected chi connectivity index (χ0v) is 26.3. The molecule has 0 saturated carbocycles. The van der Waals surface area contributed by atoms with Crippen LogP contribution < -0.4 is 4.57 Å². The molecule has 3 aromatic heterocycles. The average molecular weight is 588 g/mol. The van der Waals surface area contributed by atoms with E-state index in [1.54, 1.807) is 0 Å². The molecule has 0 fully saturated rings. The Kier molecular flexibility index (Phi) is 5.72. The Morgan fingerprint density at radius 3 is 2.27 bits per heavy atom. The average Bonchev–Trinajstić information content (AvgIpc) is 3.61. The summed E-state index contributed by atoms with van der Waals surface area (Å²) in [5.41, 5.74) is 10.8. The summed E-state index contributed by atoms with van der Waals surface area (Å²) in [6.45, 7) is 7.97. The molecule has 0 aliphatic carbocycles. The Balaban J connectivity index is 1.34. The Labute approximate surface area is 266 Å². The number of furan rings is 1. The first-order valence-corrected chi connectivity index (χ1v) is 15.6. The van der Waals surface area contributed by atoms with Crippen LogP contribution in [0.4, 0.5) is 0 Å². The highest BCUT2D eigenvalue weighted by Crippen LogP contribution is 2.44. The second-order valence-corrected chi connectivity index (χ2v) is 13.1. The summed E-state index contributed by atoms with van der Waals surface area (Å²) >= 11 is 0. The quantitative estimate of drug-likeness (QED) is 0.188. The molecule has 45 heavy (non-hydrogen) atoms. The number of hydrogen-bond acceptors (Lipinski definition) is 1. The van der Waals surface area contributed by atoms with Crippen molar-refractivity contribution in [2.45, 2.75) is 34.1 Å². The number of fused-ring (bicyclic) bond motifs is 7. The van der Waals surface area contributed by atoms with Gasteiger partial charge in [-0.15, -0.1) is 0 Å². The fourth-order valence-corrected chi connectivity index (χ4v) is 6.84. The van der Waals surface area contributed by atoms with Gasteiger partial charge in [-0.25, -0.2) is 4.57 Å². The van der Waals surface area contributed by atoms with Crippen molar-refractivity contribution >= 4 is 43.7 Å². The van der Waals surface area contributed by atoms with Crippen LogP contribution in [0.5, 0.6) is 0 Å². The maximum atomic E-state index is 8.71. The number of pyridine rings is 1. The van der Waals surface area contributed by atoms with Crippen molar-refractivity contribution < 1.29 is 11.7 Å². The van der Waals surface area contributed by atoms with Gasteiger partial charge < -0.3 is 8.98 Å². The van der Waals surface area contributed by atoms with E-state index in [9.17, 15) is 0 Å². The highest BCUT2D eigenvalue weighted by Gasteiger charge is 2.24. The van der Waals surface area contributed by atoms with Crippen molar-refractivity contribution in [3.8, 4) is 28.1 Å². The summed E-state index contributed by atoms with van der Waals surface area (Å²) in [6, 6.07) is 40.2. The minimum absolute atomic E-state index is 0.507. The van der Waals surface area contributed by atoms with Gasteiger partial charge in [-0.2, -0.15) is 0 Å². The highest BCUT2D eigenvalue weighted by atomic mass is 16.3. The second kappa shape index (κ2) is 10.2. The Hall–Kier alpha value is -5.15. The molecule has 0 amide bonds. The molecule has 8 aromatic rings. The third-order valence-electron chi connectivity index (χ3n) is 8.81. The lowest BCUT2D eigenvalue weighted by molar-refractivity contribution is -0.660. The first-order valence-electron chi connectivity index (χ1n) is 16.6. The molecule has 8 rings (SSSR count). The highest BCUT2D eigenvalue weighted by molar-refractivity contribution is 6.28. The van der Waals surface area contributed by atoms with Crippen LogP contribution in [0.25, 0.3) is 71.8 Å². The van der Waals surface area contributed by atoms with E-state index in [0.29, 0.717) is 5.56 Å². The van der Waals surface area contributed by atoms with Crippen LogP contribution in [-0.2, 0) is 13.4 Å². The molecule has 0 bridgehead atoms. The van der Waals surface area contributed by atoms with Crippen LogP contribution in [0.3, 0.4) is 0 Å². The van der Waals surface area contributed by atoms with Gasteiger partial charge in [-0.05, 0) is 71.3 Å². The van der Waals surface area contributed by atoms with Crippen molar-refractivity contribution in [1.29, 1.82) is 0 Å². The zero-order valence-electron chi connectivity index (χ0n) is 28.3. The summed E-state index contributed by atoms with van der Waals surface area (Å²) in [5, 5.41) is 4.63. The van der Waals surface area contributed by atoms with Crippen LogP contribution in [0, 0.1) is 12.3 Å². The minimum Gasteiger partial charge on any atom is -0.455 e. The zero-order chi connectivity index (χ0) is 32.7. The molecule has 0 radical (unpaired) electrons. The first-order chi connectivity index (χ1) is 22.5. The molecular weight excluding hydrogens is 548 g/mol. The molecule has 0 atom stereocenters. The van der Waals surface area contributed by atoms with E-state index in [2.05, 4.69) is 120 Å². The van der Waals surface area contributed by atoms with Gasteiger partial charge in [-0.1, -0.05) is 93.6 Å². The predicted octanol–water partition coefficient (Wildman–Crippen LogP) is 10.7. The molecule has 0 unspecified atom stereocenters. The van der Waals surface area contributed by atoms with Crippen LogP contribution in [-0.4, -0.2) is 4.57 Å². The molecule has 3 heterocycles. The van der Waals surface area contributed by atoms with E-state index in [1.165, 1.54) is 16.3 Å². The number of hydrogen-bond donors (Lipinski definition) is 0. The molecule has 0 aliphatic rings. The van der Waals surface area contributed by atoms with E-state index in [0.717, 1.165) is 61.1 Å². The number of nitrogens with zero attached hydrogens (tertiary/aromatic N) is 2.